The van der Waals surface area contributed by atoms with E-state index in [1.54, 1.807) is 0 Å². The molecule has 0 fully saturated rings. The van der Waals surface area contributed by atoms with Gasteiger partial charge in [0.2, 0.25) is 0 Å². The molecule has 0 amide bonds. The maximum atomic E-state index is 10.3. The molecule has 2 N–H and O–H groups in total. The Labute approximate surface area is 195 Å². The molecule has 5 nitrogen and oxygen atoms in total. The predicted molar refractivity (Wildman–Crippen MR) is 136 cm³/mol. The number of hydrogen-bond acceptors (Lipinski definition) is 3. The number of rotatable bonds is 22. The second-order valence-electron chi connectivity index (χ2n) is 9.14. The molecule has 0 aliphatic rings. The van der Waals surface area contributed by atoms with E-state index in [0.29, 0.717) is 0 Å². The van der Waals surface area contributed by atoms with Crippen LogP contribution in [0.2, 0.25) is 0 Å². The Morgan fingerprint density at radius 1 is 0.581 bits per heavy atom. The van der Waals surface area contributed by atoms with Crippen molar-refractivity contribution >= 4 is 7.82 Å². The zero-order valence-corrected chi connectivity index (χ0v) is 22.3. The highest BCUT2D eigenvalue weighted by Crippen LogP contribution is 2.35. The monoisotopic (exact) mass is 465 g/mol. The second-order valence-corrected chi connectivity index (χ2v) is 10.4. The molecule has 6 heteroatoms. The van der Waals surface area contributed by atoms with E-state index in [-0.39, 0.29) is 6.61 Å². The van der Waals surface area contributed by atoms with Gasteiger partial charge in [-0.15, -0.1) is 0 Å². The van der Waals surface area contributed by atoms with Crippen LogP contribution in [0.1, 0.15) is 136 Å². The number of nitrogens with zero attached hydrogens (tertiary/aromatic N) is 1. The van der Waals surface area contributed by atoms with Crippen LogP contribution in [0.25, 0.3) is 0 Å². The third-order valence-electron chi connectivity index (χ3n) is 5.47. The number of phosphoric ester groups is 1. The SMILES string of the molecule is CCCCCCCCCCCCN(C)C.CCCCCCCCCCCOP(=O)(O)O. The molecule has 0 bridgehead atoms. The first kappa shape index (κ1) is 33.2. The van der Waals surface area contributed by atoms with Gasteiger partial charge in [0.1, 0.15) is 0 Å². The van der Waals surface area contributed by atoms with Crippen molar-refractivity contribution in [1.29, 1.82) is 0 Å². The van der Waals surface area contributed by atoms with E-state index < -0.39 is 7.82 Å². The van der Waals surface area contributed by atoms with Crippen molar-refractivity contribution < 1.29 is 18.9 Å². The molecular formula is C25H56NO4P. The van der Waals surface area contributed by atoms with Crippen LogP contribution in [0.5, 0.6) is 0 Å². The van der Waals surface area contributed by atoms with Gasteiger partial charge in [0.15, 0.2) is 0 Å². The zero-order chi connectivity index (χ0) is 23.6. The largest absolute Gasteiger partial charge is 0.469 e. The van der Waals surface area contributed by atoms with Crippen LogP contribution in [0.3, 0.4) is 0 Å². The third kappa shape index (κ3) is 37.7. The minimum atomic E-state index is -4.24. The van der Waals surface area contributed by atoms with Crippen LogP contribution in [0, 0.1) is 0 Å². The molecule has 0 saturated heterocycles. The van der Waals surface area contributed by atoms with Crippen LogP contribution >= 0.6 is 7.82 Å². The summed E-state index contributed by atoms with van der Waals surface area (Å²) in [7, 11) is 0.0812. The van der Waals surface area contributed by atoms with E-state index in [0.717, 1.165) is 19.3 Å². The molecule has 0 aromatic rings. The van der Waals surface area contributed by atoms with Crippen LogP contribution in [-0.2, 0) is 9.09 Å². The molecule has 0 aliphatic carbocycles. The van der Waals surface area contributed by atoms with Gasteiger partial charge in [0, 0.05) is 0 Å². The fraction of sp³-hybridized carbons (Fsp3) is 1.00. The average Bonchev–Trinajstić information content (AvgIpc) is 2.70. The van der Waals surface area contributed by atoms with Crippen molar-refractivity contribution in [2.75, 3.05) is 27.2 Å². The van der Waals surface area contributed by atoms with Crippen molar-refractivity contribution in [3.63, 3.8) is 0 Å². The van der Waals surface area contributed by atoms with E-state index in [4.69, 9.17) is 9.79 Å². The van der Waals surface area contributed by atoms with Crippen LogP contribution < -0.4 is 0 Å². The molecule has 0 aliphatic heterocycles. The molecule has 0 saturated carbocycles. The van der Waals surface area contributed by atoms with E-state index in [1.807, 2.05) is 0 Å². The van der Waals surface area contributed by atoms with Crippen LogP contribution in [0.4, 0.5) is 0 Å². The van der Waals surface area contributed by atoms with Crippen molar-refractivity contribution in [3.05, 3.63) is 0 Å². The molecule has 190 valence electrons. The lowest BCUT2D eigenvalue weighted by atomic mass is 10.1. The third-order valence-corrected chi connectivity index (χ3v) is 5.99. The summed E-state index contributed by atoms with van der Waals surface area (Å²) in [6.45, 7) is 5.92. The first-order valence-electron chi connectivity index (χ1n) is 13.2. The second kappa shape index (κ2) is 26.3. The topological polar surface area (TPSA) is 70.0 Å². The van der Waals surface area contributed by atoms with Crippen molar-refractivity contribution in [2.24, 2.45) is 0 Å². The van der Waals surface area contributed by atoms with Gasteiger partial charge >= 0.3 is 7.82 Å². The summed E-state index contributed by atoms with van der Waals surface area (Å²) >= 11 is 0. The summed E-state index contributed by atoms with van der Waals surface area (Å²) in [4.78, 5) is 19.1. The molecule has 31 heavy (non-hydrogen) atoms. The molecule has 0 spiro atoms. The summed E-state index contributed by atoms with van der Waals surface area (Å²) in [6.07, 6.45) is 25.0. The summed E-state index contributed by atoms with van der Waals surface area (Å²) in [5.41, 5.74) is 0. The lowest BCUT2D eigenvalue weighted by molar-refractivity contribution is 0.193. The van der Waals surface area contributed by atoms with Crippen molar-refractivity contribution in [3.8, 4) is 0 Å². The van der Waals surface area contributed by atoms with Gasteiger partial charge in [-0.25, -0.2) is 4.57 Å². The number of phosphoric acid groups is 1. The maximum Gasteiger partial charge on any atom is 0.469 e. The van der Waals surface area contributed by atoms with E-state index in [9.17, 15) is 4.57 Å². The molecule has 0 unspecified atom stereocenters. The normalized spacial score (nSPS) is 11.6. The van der Waals surface area contributed by atoms with Crippen molar-refractivity contribution in [2.45, 2.75) is 136 Å². The Bertz CT molecular complexity index is 375. The Hall–Kier alpha value is 0.0700. The van der Waals surface area contributed by atoms with Gasteiger partial charge in [0.25, 0.3) is 0 Å². The predicted octanol–water partition coefficient (Wildman–Crippen LogP) is 8.10. The molecule has 0 heterocycles. The fourth-order valence-electron chi connectivity index (χ4n) is 3.51. The first-order valence-corrected chi connectivity index (χ1v) is 14.7. The Kier molecular flexibility index (Phi) is 28.2. The Morgan fingerprint density at radius 2 is 0.903 bits per heavy atom. The Morgan fingerprint density at radius 3 is 1.23 bits per heavy atom. The van der Waals surface area contributed by atoms with Gasteiger partial charge in [0.05, 0.1) is 6.61 Å². The van der Waals surface area contributed by atoms with Gasteiger partial charge in [-0.3, -0.25) is 4.52 Å². The smallest absolute Gasteiger partial charge is 0.309 e. The highest BCUT2D eigenvalue weighted by Gasteiger charge is 2.12. The summed E-state index contributed by atoms with van der Waals surface area (Å²) in [6, 6.07) is 0. The first-order chi connectivity index (χ1) is 14.8. The van der Waals surface area contributed by atoms with Gasteiger partial charge < -0.3 is 14.7 Å². The molecule has 0 radical (unpaired) electrons. The number of hydrogen-bond donors (Lipinski definition) is 2. The van der Waals surface area contributed by atoms with E-state index in [2.05, 4.69) is 37.4 Å². The minimum Gasteiger partial charge on any atom is -0.309 e. The van der Waals surface area contributed by atoms with Crippen LogP contribution in [-0.4, -0.2) is 41.9 Å². The average molecular weight is 466 g/mol. The Balaban J connectivity index is 0. The summed E-state index contributed by atoms with van der Waals surface area (Å²) in [5, 5.41) is 0. The quantitative estimate of drug-likeness (QED) is 0.125. The highest BCUT2D eigenvalue weighted by molar-refractivity contribution is 7.46. The lowest BCUT2D eigenvalue weighted by Crippen LogP contribution is -2.12. The summed E-state index contributed by atoms with van der Waals surface area (Å²) < 4.78 is 14.7. The molecule has 0 aromatic heterocycles. The maximum absolute atomic E-state index is 10.3. The number of unbranched alkanes of at least 4 members (excludes halogenated alkanes) is 17. The van der Waals surface area contributed by atoms with Crippen molar-refractivity contribution in [1.82, 2.24) is 4.90 Å². The molecule has 0 aromatic carbocycles. The minimum absolute atomic E-state index is 0.167. The highest BCUT2D eigenvalue weighted by atomic mass is 31.2. The molecule has 0 atom stereocenters. The summed E-state index contributed by atoms with van der Waals surface area (Å²) in [5.74, 6) is 0. The van der Waals surface area contributed by atoms with E-state index in [1.165, 1.54) is 109 Å². The van der Waals surface area contributed by atoms with E-state index >= 15 is 0 Å². The molecule has 0 rings (SSSR count). The van der Waals surface area contributed by atoms with Crippen LogP contribution in [0.15, 0.2) is 0 Å². The molecular weight excluding hydrogens is 409 g/mol. The standard InChI is InChI=1S/C14H31N.C11H25O4P/c1-4-5-6-7-8-9-10-11-12-13-14-15(2)3;1-2-3-4-5-6-7-8-9-10-11-15-16(12,13)14/h4-14H2,1-3H3;2-11H2,1H3,(H2,12,13,14). The zero-order valence-electron chi connectivity index (χ0n) is 21.5. The van der Waals surface area contributed by atoms with Gasteiger partial charge in [-0.05, 0) is 33.5 Å². The fourth-order valence-corrected chi connectivity index (χ4v) is 3.88. The van der Waals surface area contributed by atoms with Gasteiger partial charge in [-0.1, -0.05) is 123 Å². The lowest BCUT2D eigenvalue weighted by Gasteiger charge is -2.08. The van der Waals surface area contributed by atoms with Gasteiger partial charge in [-0.2, -0.15) is 0 Å².